The maximum absolute atomic E-state index is 6.07. The molecule has 110 valence electrons. The van der Waals surface area contributed by atoms with Crippen LogP contribution in [-0.2, 0) is 0 Å². The summed E-state index contributed by atoms with van der Waals surface area (Å²) in [5, 5.41) is 3.35. The van der Waals surface area contributed by atoms with E-state index in [-0.39, 0.29) is 0 Å². The molecule has 0 unspecified atom stereocenters. The zero-order chi connectivity index (χ0) is 14.8. The number of hydrogen-bond donors (Lipinski definition) is 2. The second-order valence-corrected chi connectivity index (χ2v) is 6.89. The molecule has 3 N–H and O–H groups in total. The van der Waals surface area contributed by atoms with Gasteiger partial charge in [0.2, 0.25) is 0 Å². The Morgan fingerprint density at radius 2 is 2.00 bits per heavy atom. The van der Waals surface area contributed by atoms with Crippen LogP contribution in [-0.4, -0.2) is 18.0 Å². The summed E-state index contributed by atoms with van der Waals surface area (Å²) in [5.74, 6) is 0.917. The molecule has 0 atom stereocenters. The van der Waals surface area contributed by atoms with Gasteiger partial charge >= 0.3 is 0 Å². The summed E-state index contributed by atoms with van der Waals surface area (Å²) >= 11 is 7.57. The number of likely N-dealkylation sites (tertiary alicyclic amines) is 1. The van der Waals surface area contributed by atoms with E-state index in [0.29, 0.717) is 0 Å². The average molecular weight is 320 g/mol. The molecule has 0 saturated carbocycles. The zero-order valence-corrected chi connectivity index (χ0v) is 13.3. The van der Waals surface area contributed by atoms with Crippen molar-refractivity contribution in [2.24, 2.45) is 0 Å². The highest BCUT2D eigenvalue weighted by Gasteiger charge is 2.14. The number of nitrogens with zero attached hydrogens (tertiary/aromatic N) is 1. The standard InChI is InChI=1S/C16H18ClN3S/c1-11(20-8-2-3-9-20)19-14-10-12(4-5-13(14)18)15-6-7-16(17)21-15/h4-7,10,19H,1-3,8-9,18H2. The van der Waals surface area contributed by atoms with Crippen molar-refractivity contribution in [2.75, 3.05) is 24.1 Å². The van der Waals surface area contributed by atoms with E-state index in [1.54, 1.807) is 11.3 Å². The lowest BCUT2D eigenvalue weighted by atomic mass is 10.1. The van der Waals surface area contributed by atoms with Crippen molar-refractivity contribution < 1.29 is 0 Å². The van der Waals surface area contributed by atoms with Gasteiger partial charge in [-0.3, -0.25) is 0 Å². The van der Waals surface area contributed by atoms with E-state index in [2.05, 4.69) is 22.9 Å². The molecule has 1 aliphatic rings. The fourth-order valence-electron chi connectivity index (χ4n) is 2.51. The maximum atomic E-state index is 6.07. The van der Waals surface area contributed by atoms with Crippen LogP contribution in [0.1, 0.15) is 12.8 Å². The Morgan fingerprint density at radius 3 is 2.67 bits per heavy atom. The fraction of sp³-hybridized carbons (Fsp3) is 0.250. The lowest BCUT2D eigenvalue weighted by Gasteiger charge is -2.22. The SMILES string of the molecule is C=C(Nc1cc(-c2ccc(Cl)s2)ccc1N)N1CCCC1. The number of nitrogens with one attached hydrogen (secondary N) is 1. The molecule has 1 aromatic carbocycles. The first-order valence-corrected chi connectivity index (χ1v) is 8.19. The predicted octanol–water partition coefficient (Wildman–Crippen LogP) is 4.63. The summed E-state index contributed by atoms with van der Waals surface area (Å²) in [6.07, 6.45) is 2.45. The largest absolute Gasteiger partial charge is 0.397 e. The molecule has 0 spiro atoms. The van der Waals surface area contributed by atoms with Gasteiger partial charge in [0, 0.05) is 18.0 Å². The normalized spacial score (nSPS) is 14.4. The van der Waals surface area contributed by atoms with Crippen LogP contribution < -0.4 is 11.1 Å². The smallest absolute Gasteiger partial charge is 0.0984 e. The molecular formula is C16H18ClN3S. The Bertz CT molecular complexity index is 659. The summed E-state index contributed by atoms with van der Waals surface area (Å²) in [4.78, 5) is 3.39. The van der Waals surface area contributed by atoms with Gasteiger partial charge in [-0.15, -0.1) is 11.3 Å². The van der Waals surface area contributed by atoms with Gasteiger partial charge in [-0.05, 0) is 42.7 Å². The number of hydrogen-bond acceptors (Lipinski definition) is 4. The quantitative estimate of drug-likeness (QED) is 0.807. The van der Waals surface area contributed by atoms with Crippen LogP contribution in [0.4, 0.5) is 11.4 Å². The molecule has 2 aromatic rings. The minimum atomic E-state index is 0.724. The van der Waals surface area contributed by atoms with Crippen LogP contribution in [0.5, 0.6) is 0 Å². The molecule has 1 aromatic heterocycles. The maximum Gasteiger partial charge on any atom is 0.0984 e. The van der Waals surface area contributed by atoms with Crippen molar-refractivity contribution in [2.45, 2.75) is 12.8 Å². The molecule has 21 heavy (non-hydrogen) atoms. The van der Waals surface area contributed by atoms with E-state index in [9.17, 15) is 0 Å². The first-order valence-electron chi connectivity index (χ1n) is 6.99. The minimum absolute atomic E-state index is 0.724. The summed E-state index contributed by atoms with van der Waals surface area (Å²) < 4.78 is 0.790. The fourth-order valence-corrected chi connectivity index (χ4v) is 3.55. The van der Waals surface area contributed by atoms with Crippen molar-refractivity contribution in [1.82, 2.24) is 4.90 Å². The molecule has 0 aliphatic carbocycles. The third kappa shape index (κ3) is 3.17. The molecule has 3 nitrogen and oxygen atoms in total. The van der Waals surface area contributed by atoms with Crippen molar-refractivity contribution in [3.63, 3.8) is 0 Å². The van der Waals surface area contributed by atoms with Crippen LogP contribution in [0, 0.1) is 0 Å². The van der Waals surface area contributed by atoms with Gasteiger partial charge in [0.1, 0.15) is 0 Å². The van der Waals surface area contributed by atoms with Gasteiger partial charge in [0.15, 0.2) is 0 Å². The van der Waals surface area contributed by atoms with E-state index >= 15 is 0 Å². The predicted molar refractivity (Wildman–Crippen MR) is 92.7 cm³/mol. The third-order valence-electron chi connectivity index (χ3n) is 3.68. The Hall–Kier alpha value is -1.65. The van der Waals surface area contributed by atoms with Gasteiger partial charge in [-0.1, -0.05) is 24.2 Å². The highest BCUT2D eigenvalue weighted by Crippen LogP contribution is 2.34. The van der Waals surface area contributed by atoms with Gasteiger partial charge in [-0.25, -0.2) is 0 Å². The molecule has 3 rings (SSSR count). The highest BCUT2D eigenvalue weighted by molar-refractivity contribution is 7.19. The lowest BCUT2D eigenvalue weighted by Crippen LogP contribution is -2.23. The van der Waals surface area contributed by atoms with Crippen LogP contribution in [0.3, 0.4) is 0 Å². The number of nitrogens with two attached hydrogens (primary N) is 1. The average Bonchev–Trinajstić information content (AvgIpc) is 3.12. The van der Waals surface area contributed by atoms with E-state index in [0.717, 1.165) is 45.1 Å². The number of nitrogen functional groups attached to an aromatic ring is 1. The molecule has 0 amide bonds. The monoisotopic (exact) mass is 319 g/mol. The lowest BCUT2D eigenvalue weighted by molar-refractivity contribution is 0.433. The Morgan fingerprint density at radius 1 is 1.24 bits per heavy atom. The Kier molecular flexibility index (Phi) is 4.08. The number of halogens is 1. The second-order valence-electron chi connectivity index (χ2n) is 5.17. The van der Waals surface area contributed by atoms with Crippen molar-refractivity contribution in [1.29, 1.82) is 0 Å². The summed E-state index contributed by atoms with van der Waals surface area (Å²) in [7, 11) is 0. The van der Waals surface area contributed by atoms with Crippen LogP contribution in [0.25, 0.3) is 10.4 Å². The van der Waals surface area contributed by atoms with E-state index in [4.69, 9.17) is 17.3 Å². The summed E-state index contributed by atoms with van der Waals surface area (Å²) in [6, 6.07) is 9.92. The number of thiophene rings is 1. The van der Waals surface area contributed by atoms with Gasteiger partial charge in [0.05, 0.1) is 21.5 Å². The number of anilines is 2. The van der Waals surface area contributed by atoms with Crippen molar-refractivity contribution in [3.8, 4) is 10.4 Å². The molecule has 5 heteroatoms. The molecular weight excluding hydrogens is 302 g/mol. The van der Waals surface area contributed by atoms with Gasteiger partial charge < -0.3 is 16.0 Å². The third-order valence-corrected chi connectivity index (χ3v) is 4.96. The summed E-state index contributed by atoms with van der Waals surface area (Å²) in [5.41, 5.74) is 8.81. The van der Waals surface area contributed by atoms with Crippen molar-refractivity contribution >= 4 is 34.3 Å². The molecule has 0 bridgehead atoms. The zero-order valence-electron chi connectivity index (χ0n) is 11.7. The first-order chi connectivity index (χ1) is 10.1. The second kappa shape index (κ2) is 6.00. The molecule has 2 heterocycles. The van der Waals surface area contributed by atoms with Crippen LogP contribution >= 0.6 is 22.9 Å². The van der Waals surface area contributed by atoms with Gasteiger partial charge in [-0.2, -0.15) is 0 Å². The number of rotatable bonds is 4. The number of benzene rings is 1. The molecule has 0 radical (unpaired) electrons. The van der Waals surface area contributed by atoms with E-state index in [1.165, 1.54) is 12.8 Å². The van der Waals surface area contributed by atoms with E-state index < -0.39 is 0 Å². The highest BCUT2D eigenvalue weighted by atomic mass is 35.5. The summed E-state index contributed by atoms with van der Waals surface area (Å²) in [6.45, 7) is 6.24. The molecule has 1 saturated heterocycles. The molecule has 1 fully saturated rings. The van der Waals surface area contributed by atoms with Crippen molar-refractivity contribution in [3.05, 3.63) is 47.1 Å². The van der Waals surface area contributed by atoms with E-state index in [1.807, 2.05) is 24.3 Å². The van der Waals surface area contributed by atoms with Crippen LogP contribution in [0.15, 0.2) is 42.7 Å². The van der Waals surface area contributed by atoms with Gasteiger partial charge in [0.25, 0.3) is 0 Å². The van der Waals surface area contributed by atoms with Crippen LogP contribution in [0.2, 0.25) is 4.34 Å². The first kappa shape index (κ1) is 14.3. The molecule has 1 aliphatic heterocycles. The minimum Gasteiger partial charge on any atom is -0.397 e. The Labute approximate surface area is 134 Å². The Balaban J connectivity index is 1.82. The topological polar surface area (TPSA) is 41.3 Å².